The number of methoxy groups -OCH3 is 1. The van der Waals surface area contributed by atoms with Crippen LogP contribution in [0.25, 0.3) is 11.0 Å². The number of nitrogens with one attached hydrogen (secondary N) is 2. The minimum Gasteiger partial charge on any atom is -0.497 e. The van der Waals surface area contributed by atoms with Crippen LogP contribution in [0.1, 0.15) is 5.56 Å². The lowest BCUT2D eigenvalue weighted by Crippen LogP contribution is -2.26. The first-order valence-corrected chi connectivity index (χ1v) is 8.62. The molecule has 6 nitrogen and oxygen atoms in total. The largest absolute Gasteiger partial charge is 0.497 e. The van der Waals surface area contributed by atoms with E-state index in [0.717, 1.165) is 16.8 Å². The van der Waals surface area contributed by atoms with Crippen LogP contribution in [0.3, 0.4) is 0 Å². The second-order valence-corrected chi connectivity index (χ2v) is 6.85. The Morgan fingerprint density at radius 2 is 2.09 bits per heavy atom. The van der Waals surface area contributed by atoms with Crippen molar-refractivity contribution in [1.29, 1.82) is 0 Å². The summed E-state index contributed by atoms with van der Waals surface area (Å²) in [5.74, 6) is 0.759. The van der Waals surface area contributed by atoms with Crippen LogP contribution in [0.15, 0.2) is 53.7 Å². The Morgan fingerprint density at radius 1 is 1.22 bits per heavy atom. The molecule has 0 radical (unpaired) electrons. The number of fused-ring (bicyclic) bond motifs is 1. The number of sulfonamides is 1. The fourth-order valence-corrected chi connectivity index (χ4v) is 3.38. The average molecular weight is 331 g/mol. The molecule has 1 heterocycles. The molecule has 0 unspecified atom stereocenters. The third kappa shape index (κ3) is 3.52. The van der Waals surface area contributed by atoms with Crippen LogP contribution in [-0.4, -0.2) is 32.0 Å². The highest BCUT2D eigenvalue weighted by Crippen LogP contribution is 2.16. The van der Waals surface area contributed by atoms with E-state index in [1.54, 1.807) is 25.3 Å². The van der Waals surface area contributed by atoms with E-state index < -0.39 is 10.0 Å². The van der Waals surface area contributed by atoms with Gasteiger partial charge >= 0.3 is 0 Å². The van der Waals surface area contributed by atoms with Crippen LogP contribution in [0.2, 0.25) is 0 Å². The summed E-state index contributed by atoms with van der Waals surface area (Å²) in [5.41, 5.74) is 2.44. The summed E-state index contributed by atoms with van der Waals surface area (Å²) in [6.07, 6.45) is 2.13. The fourth-order valence-electron chi connectivity index (χ4n) is 2.32. The fraction of sp³-hybridized carbons (Fsp3) is 0.188. The number of imidazole rings is 1. The van der Waals surface area contributed by atoms with Gasteiger partial charge < -0.3 is 9.72 Å². The maximum atomic E-state index is 12.3. The molecule has 2 aromatic carbocycles. The minimum absolute atomic E-state index is 0.222. The molecule has 0 aliphatic rings. The molecule has 3 rings (SSSR count). The van der Waals surface area contributed by atoms with Crippen molar-refractivity contribution in [1.82, 2.24) is 14.7 Å². The lowest BCUT2D eigenvalue weighted by molar-refractivity contribution is 0.414. The zero-order valence-electron chi connectivity index (χ0n) is 12.6. The van der Waals surface area contributed by atoms with E-state index in [-0.39, 0.29) is 4.90 Å². The van der Waals surface area contributed by atoms with Gasteiger partial charge in [-0.05, 0) is 42.3 Å². The second-order valence-electron chi connectivity index (χ2n) is 5.08. The summed E-state index contributed by atoms with van der Waals surface area (Å²) in [7, 11) is -1.94. The molecule has 120 valence electrons. The Bertz CT molecular complexity index is 919. The Balaban J connectivity index is 1.68. The van der Waals surface area contributed by atoms with Gasteiger partial charge in [-0.1, -0.05) is 12.1 Å². The summed E-state index contributed by atoms with van der Waals surface area (Å²) >= 11 is 0. The number of benzene rings is 2. The van der Waals surface area contributed by atoms with E-state index in [4.69, 9.17) is 4.74 Å². The molecule has 0 aliphatic carbocycles. The zero-order chi connectivity index (χ0) is 16.3. The SMILES string of the molecule is COc1cccc(CCNS(=O)(=O)c2ccc3nc[nH]c3c2)c1. The molecular weight excluding hydrogens is 314 g/mol. The molecule has 0 aliphatic heterocycles. The van der Waals surface area contributed by atoms with Crippen molar-refractivity contribution in [2.75, 3.05) is 13.7 Å². The highest BCUT2D eigenvalue weighted by Gasteiger charge is 2.14. The van der Waals surface area contributed by atoms with Crippen molar-refractivity contribution in [2.45, 2.75) is 11.3 Å². The lowest BCUT2D eigenvalue weighted by Gasteiger charge is -2.08. The van der Waals surface area contributed by atoms with E-state index in [9.17, 15) is 8.42 Å². The highest BCUT2D eigenvalue weighted by molar-refractivity contribution is 7.89. The Morgan fingerprint density at radius 3 is 2.91 bits per heavy atom. The van der Waals surface area contributed by atoms with E-state index in [0.29, 0.717) is 18.5 Å². The zero-order valence-corrected chi connectivity index (χ0v) is 13.4. The van der Waals surface area contributed by atoms with Gasteiger partial charge in [-0.2, -0.15) is 0 Å². The molecule has 0 bridgehead atoms. The van der Waals surface area contributed by atoms with Crippen molar-refractivity contribution in [3.63, 3.8) is 0 Å². The topological polar surface area (TPSA) is 84.1 Å². The van der Waals surface area contributed by atoms with E-state index in [1.807, 2.05) is 24.3 Å². The standard InChI is InChI=1S/C16H17N3O3S/c1-22-13-4-2-3-12(9-13)7-8-19-23(20,21)14-5-6-15-16(10-14)18-11-17-15/h2-6,9-11,19H,7-8H2,1H3,(H,17,18). The first-order chi connectivity index (χ1) is 11.1. The monoisotopic (exact) mass is 331 g/mol. The lowest BCUT2D eigenvalue weighted by atomic mass is 10.1. The molecule has 0 saturated carbocycles. The van der Waals surface area contributed by atoms with Crippen LogP contribution in [0.4, 0.5) is 0 Å². The predicted molar refractivity (Wildman–Crippen MR) is 88.0 cm³/mol. The van der Waals surface area contributed by atoms with Gasteiger partial charge in [-0.25, -0.2) is 18.1 Å². The number of aromatic nitrogens is 2. The molecule has 7 heteroatoms. The van der Waals surface area contributed by atoms with E-state index in [1.165, 1.54) is 6.33 Å². The number of rotatable bonds is 6. The molecule has 0 fully saturated rings. The van der Waals surface area contributed by atoms with Gasteiger partial charge in [0.2, 0.25) is 10.0 Å². The number of nitrogens with zero attached hydrogens (tertiary/aromatic N) is 1. The van der Waals surface area contributed by atoms with Crippen molar-refractivity contribution in [3.05, 3.63) is 54.4 Å². The van der Waals surface area contributed by atoms with Crippen LogP contribution in [-0.2, 0) is 16.4 Å². The molecule has 0 spiro atoms. The van der Waals surface area contributed by atoms with Gasteiger partial charge in [0.15, 0.2) is 0 Å². The van der Waals surface area contributed by atoms with Crippen molar-refractivity contribution >= 4 is 21.1 Å². The molecular formula is C16H17N3O3S. The minimum atomic E-state index is -3.54. The molecule has 3 aromatic rings. The molecule has 2 N–H and O–H groups in total. The Labute approximate surface area is 134 Å². The first kappa shape index (κ1) is 15.5. The summed E-state index contributed by atoms with van der Waals surface area (Å²) in [4.78, 5) is 7.21. The average Bonchev–Trinajstić information content (AvgIpc) is 3.02. The quantitative estimate of drug-likeness (QED) is 0.724. The Kier molecular flexibility index (Phi) is 4.31. The van der Waals surface area contributed by atoms with Gasteiger partial charge in [-0.15, -0.1) is 0 Å². The van der Waals surface area contributed by atoms with Crippen molar-refractivity contribution < 1.29 is 13.2 Å². The predicted octanol–water partition coefficient (Wildman–Crippen LogP) is 2.09. The number of hydrogen-bond donors (Lipinski definition) is 2. The summed E-state index contributed by atoms with van der Waals surface area (Å²) < 4.78 is 32.5. The van der Waals surface area contributed by atoms with Gasteiger partial charge in [0, 0.05) is 6.54 Å². The number of aromatic amines is 1. The molecule has 0 atom stereocenters. The highest BCUT2D eigenvalue weighted by atomic mass is 32.2. The van der Waals surface area contributed by atoms with Gasteiger partial charge in [0.05, 0.1) is 29.4 Å². The number of H-pyrrole nitrogens is 1. The summed E-state index contributed by atoms with van der Waals surface area (Å²) in [5, 5.41) is 0. The summed E-state index contributed by atoms with van der Waals surface area (Å²) in [6.45, 7) is 0.316. The smallest absolute Gasteiger partial charge is 0.240 e. The van der Waals surface area contributed by atoms with Crippen molar-refractivity contribution in [2.24, 2.45) is 0 Å². The van der Waals surface area contributed by atoms with Crippen LogP contribution >= 0.6 is 0 Å². The molecule has 0 amide bonds. The maximum absolute atomic E-state index is 12.3. The normalized spacial score (nSPS) is 11.7. The molecule has 0 saturated heterocycles. The van der Waals surface area contributed by atoms with Crippen LogP contribution in [0.5, 0.6) is 5.75 Å². The van der Waals surface area contributed by atoms with E-state index in [2.05, 4.69) is 14.7 Å². The van der Waals surface area contributed by atoms with Gasteiger partial charge in [0.25, 0.3) is 0 Å². The third-order valence-electron chi connectivity index (χ3n) is 3.54. The molecule has 23 heavy (non-hydrogen) atoms. The van der Waals surface area contributed by atoms with Crippen LogP contribution < -0.4 is 9.46 Å². The number of ether oxygens (including phenoxy) is 1. The molecule has 1 aromatic heterocycles. The van der Waals surface area contributed by atoms with Crippen molar-refractivity contribution in [3.8, 4) is 5.75 Å². The first-order valence-electron chi connectivity index (χ1n) is 7.14. The van der Waals surface area contributed by atoms with Gasteiger partial charge in [-0.3, -0.25) is 0 Å². The van der Waals surface area contributed by atoms with E-state index >= 15 is 0 Å². The van der Waals surface area contributed by atoms with Gasteiger partial charge in [0.1, 0.15) is 5.75 Å². The van der Waals surface area contributed by atoms with Crippen LogP contribution in [0, 0.1) is 0 Å². The Hall–Kier alpha value is -2.38. The maximum Gasteiger partial charge on any atom is 0.240 e. The third-order valence-corrected chi connectivity index (χ3v) is 5.00. The second kappa shape index (κ2) is 6.39. The summed E-state index contributed by atoms with van der Waals surface area (Å²) in [6, 6.07) is 12.4. The number of hydrogen-bond acceptors (Lipinski definition) is 4.